The molecule has 0 aliphatic heterocycles. The van der Waals surface area contributed by atoms with Crippen molar-refractivity contribution in [3.63, 3.8) is 0 Å². The van der Waals surface area contributed by atoms with E-state index in [1.54, 1.807) is 4.57 Å². The highest BCUT2D eigenvalue weighted by Crippen LogP contribution is 2.29. The number of nitrogens with zero attached hydrogens (tertiary/aromatic N) is 8. The summed E-state index contributed by atoms with van der Waals surface area (Å²) in [5, 5.41) is 18.9. The molecule has 0 atom stereocenters. The lowest BCUT2D eigenvalue weighted by Gasteiger charge is -2.14. The average molecular weight is 526 g/mol. The summed E-state index contributed by atoms with van der Waals surface area (Å²) in [7, 11) is 0. The fourth-order valence-corrected chi connectivity index (χ4v) is 4.86. The lowest BCUT2D eigenvalue weighted by Crippen LogP contribution is -2.27. The van der Waals surface area contributed by atoms with E-state index in [1.165, 1.54) is 0 Å². The van der Waals surface area contributed by atoms with Crippen molar-refractivity contribution in [2.45, 2.75) is 72.4 Å². The fraction of sp³-hybridized carbons (Fsp3) is 0.379. The maximum Gasteiger partial charge on any atom is 0.334 e. The van der Waals surface area contributed by atoms with Gasteiger partial charge in [0, 0.05) is 40.8 Å². The molecular formula is C29H35N9O. The van der Waals surface area contributed by atoms with Crippen LogP contribution in [0.2, 0.25) is 0 Å². The molecule has 39 heavy (non-hydrogen) atoms. The van der Waals surface area contributed by atoms with Crippen LogP contribution in [-0.4, -0.2) is 44.5 Å². The van der Waals surface area contributed by atoms with E-state index in [9.17, 15) is 4.79 Å². The Hall–Kier alpha value is -4.34. The molecule has 0 bridgehead atoms. The predicted molar refractivity (Wildman–Crippen MR) is 151 cm³/mol. The summed E-state index contributed by atoms with van der Waals surface area (Å²) in [5.41, 5.74) is 5.59. The first-order valence-corrected chi connectivity index (χ1v) is 13.6. The molecule has 10 nitrogen and oxygen atoms in total. The van der Waals surface area contributed by atoms with Crippen LogP contribution in [0, 0.1) is 0 Å². The van der Waals surface area contributed by atoms with E-state index in [2.05, 4.69) is 60.3 Å². The highest BCUT2D eigenvalue weighted by Gasteiger charge is 2.22. The third-order valence-electron chi connectivity index (χ3n) is 6.95. The summed E-state index contributed by atoms with van der Waals surface area (Å²) in [6, 6.07) is 12.0. The average Bonchev–Trinajstić information content (AvgIpc) is 3.68. The summed E-state index contributed by atoms with van der Waals surface area (Å²) in [4.78, 5) is 18.7. The minimum atomic E-state index is -0.0577. The van der Waals surface area contributed by atoms with Crippen LogP contribution in [-0.2, 0) is 13.0 Å². The molecule has 0 unspecified atom stereocenters. The summed E-state index contributed by atoms with van der Waals surface area (Å²) in [6.45, 7) is 11.1. The normalized spacial score (nSPS) is 11.7. The minimum absolute atomic E-state index is 0.0577. The van der Waals surface area contributed by atoms with Gasteiger partial charge in [0.05, 0.1) is 18.4 Å². The lowest BCUT2D eigenvalue weighted by atomic mass is 10.0. The Labute approximate surface area is 227 Å². The molecular weight excluding hydrogens is 490 g/mol. The number of aromatic amines is 1. The van der Waals surface area contributed by atoms with Crippen molar-refractivity contribution in [3.05, 3.63) is 82.3 Å². The number of benzene rings is 1. The van der Waals surface area contributed by atoms with E-state index < -0.39 is 0 Å². The molecule has 0 aliphatic rings. The number of aromatic nitrogens is 9. The molecule has 0 radical (unpaired) electrons. The summed E-state index contributed by atoms with van der Waals surface area (Å²) in [6.07, 6.45) is 8.63. The number of imidazole rings is 1. The van der Waals surface area contributed by atoms with Crippen molar-refractivity contribution < 1.29 is 0 Å². The smallest absolute Gasteiger partial charge is 0.292 e. The zero-order valence-corrected chi connectivity index (χ0v) is 23.2. The van der Waals surface area contributed by atoms with Gasteiger partial charge in [0.15, 0.2) is 5.82 Å². The van der Waals surface area contributed by atoms with Gasteiger partial charge >= 0.3 is 5.69 Å². The Bertz CT molecular complexity index is 1560. The number of rotatable bonds is 10. The second-order valence-electron chi connectivity index (χ2n) is 10.4. The van der Waals surface area contributed by atoms with Crippen LogP contribution < -0.4 is 5.69 Å². The molecule has 5 rings (SSSR count). The fourth-order valence-electron chi connectivity index (χ4n) is 4.86. The van der Waals surface area contributed by atoms with Crippen LogP contribution in [0.3, 0.4) is 0 Å². The molecule has 4 heterocycles. The number of nitrogens with one attached hydrogen (secondary N) is 1. The quantitative estimate of drug-likeness (QED) is 0.269. The van der Waals surface area contributed by atoms with Crippen molar-refractivity contribution in [2.75, 3.05) is 0 Å². The van der Waals surface area contributed by atoms with E-state index in [0.717, 1.165) is 58.7 Å². The second-order valence-corrected chi connectivity index (χ2v) is 10.4. The zero-order valence-electron chi connectivity index (χ0n) is 23.2. The van der Waals surface area contributed by atoms with E-state index in [4.69, 9.17) is 4.98 Å². The van der Waals surface area contributed by atoms with Gasteiger partial charge in [-0.1, -0.05) is 57.5 Å². The van der Waals surface area contributed by atoms with Gasteiger partial charge in [-0.3, -0.25) is 14.1 Å². The predicted octanol–water partition coefficient (Wildman–Crippen LogP) is 5.17. The monoisotopic (exact) mass is 525 g/mol. The topological polar surface area (TPSA) is 112 Å². The van der Waals surface area contributed by atoms with Gasteiger partial charge in [0.25, 0.3) is 0 Å². The number of hydrogen-bond donors (Lipinski definition) is 1. The Morgan fingerprint density at radius 1 is 1.00 bits per heavy atom. The Kier molecular flexibility index (Phi) is 7.53. The molecule has 202 valence electrons. The second kappa shape index (κ2) is 11.2. The molecule has 0 fully saturated rings. The summed E-state index contributed by atoms with van der Waals surface area (Å²) >= 11 is 0. The molecule has 5 aromatic rings. The van der Waals surface area contributed by atoms with Gasteiger partial charge < -0.3 is 0 Å². The zero-order chi connectivity index (χ0) is 27.5. The van der Waals surface area contributed by atoms with Crippen LogP contribution in [0.4, 0.5) is 0 Å². The van der Waals surface area contributed by atoms with Crippen LogP contribution in [0.1, 0.15) is 76.2 Å². The van der Waals surface area contributed by atoms with Crippen molar-refractivity contribution in [2.24, 2.45) is 0 Å². The first-order valence-electron chi connectivity index (χ1n) is 13.6. The van der Waals surface area contributed by atoms with Gasteiger partial charge in [0.2, 0.25) is 0 Å². The Morgan fingerprint density at radius 2 is 1.79 bits per heavy atom. The van der Waals surface area contributed by atoms with Crippen molar-refractivity contribution >= 4 is 0 Å². The van der Waals surface area contributed by atoms with Crippen LogP contribution in [0.15, 0.2) is 59.8 Å². The van der Waals surface area contributed by atoms with Crippen LogP contribution in [0.5, 0.6) is 0 Å². The van der Waals surface area contributed by atoms with Gasteiger partial charge in [-0.25, -0.2) is 14.6 Å². The van der Waals surface area contributed by atoms with E-state index in [-0.39, 0.29) is 17.6 Å². The van der Waals surface area contributed by atoms with Gasteiger partial charge in [-0.15, -0.1) is 5.10 Å². The first kappa shape index (κ1) is 26.3. The lowest BCUT2D eigenvalue weighted by molar-refractivity contribution is 0.517. The molecule has 0 amide bonds. The number of H-pyrrole nitrogens is 1. The molecule has 0 spiro atoms. The summed E-state index contributed by atoms with van der Waals surface area (Å²) in [5.74, 6) is 1.69. The van der Waals surface area contributed by atoms with Crippen molar-refractivity contribution in [1.82, 2.24) is 44.5 Å². The largest absolute Gasteiger partial charge is 0.334 e. The molecule has 0 saturated carbocycles. The first-order chi connectivity index (χ1) is 18.9. The van der Waals surface area contributed by atoms with Crippen LogP contribution in [0.25, 0.3) is 28.5 Å². The van der Waals surface area contributed by atoms with E-state index in [1.807, 2.05) is 64.2 Å². The SMILES string of the molecule is CCCCc1cn(-c2c(C(C)C)cnn2C(C)C)c(=O)n1Cc1ccc(-c2ccccc2-c2nnn[nH]2)nc1. The molecule has 0 aliphatic carbocycles. The number of unbranched alkanes of at least 4 members (excludes halogenated alkanes) is 1. The van der Waals surface area contributed by atoms with E-state index in [0.29, 0.717) is 12.4 Å². The third kappa shape index (κ3) is 5.19. The van der Waals surface area contributed by atoms with Gasteiger partial charge in [-0.2, -0.15) is 5.10 Å². The molecule has 10 heteroatoms. The Balaban J connectivity index is 1.52. The number of hydrogen-bond acceptors (Lipinski definition) is 6. The maximum absolute atomic E-state index is 13.9. The maximum atomic E-state index is 13.9. The third-order valence-corrected chi connectivity index (χ3v) is 6.95. The van der Waals surface area contributed by atoms with Crippen molar-refractivity contribution in [3.8, 4) is 28.5 Å². The molecule has 1 aromatic carbocycles. The highest BCUT2D eigenvalue weighted by molar-refractivity contribution is 5.78. The summed E-state index contributed by atoms with van der Waals surface area (Å²) < 4.78 is 5.61. The Morgan fingerprint density at radius 3 is 2.44 bits per heavy atom. The molecule has 4 aromatic heterocycles. The van der Waals surface area contributed by atoms with E-state index >= 15 is 0 Å². The standard InChI is InChI=1S/C29H35N9O/c1-6-7-10-22-18-37(28-25(19(2)3)16-31-38(28)20(4)5)29(39)36(22)17-21-13-14-26(30-15-21)23-11-8-9-12-24(23)27-32-34-35-33-27/h8-9,11-16,18-20H,6-7,10,17H2,1-5H3,(H,32,33,34,35). The van der Waals surface area contributed by atoms with Crippen molar-refractivity contribution in [1.29, 1.82) is 0 Å². The minimum Gasteiger partial charge on any atom is -0.292 e. The highest BCUT2D eigenvalue weighted by atomic mass is 16.1. The van der Waals surface area contributed by atoms with Gasteiger partial charge in [-0.05, 0) is 54.7 Å². The van der Waals surface area contributed by atoms with Gasteiger partial charge in [0.1, 0.15) is 5.82 Å². The van der Waals surface area contributed by atoms with Crippen LogP contribution >= 0.6 is 0 Å². The molecule has 1 N–H and O–H groups in total. The number of pyridine rings is 1. The number of aryl methyl sites for hydroxylation is 1. The molecule has 0 saturated heterocycles. The number of tetrazole rings is 1.